The van der Waals surface area contributed by atoms with Gasteiger partial charge in [0.15, 0.2) is 5.16 Å². The van der Waals surface area contributed by atoms with E-state index in [1.54, 1.807) is 28.8 Å². The fourth-order valence-corrected chi connectivity index (χ4v) is 2.80. The average molecular weight is 324 g/mol. The van der Waals surface area contributed by atoms with Gasteiger partial charge in [0.25, 0.3) is 0 Å². The molecule has 0 radical (unpaired) electrons. The highest BCUT2D eigenvalue weighted by Gasteiger charge is 2.14. The summed E-state index contributed by atoms with van der Waals surface area (Å²) in [6, 6.07) is 3.62. The summed E-state index contributed by atoms with van der Waals surface area (Å²) in [6.07, 6.45) is 3.48. The van der Waals surface area contributed by atoms with Gasteiger partial charge in [-0.15, -0.1) is 5.10 Å². The molecule has 1 amide bonds. The van der Waals surface area contributed by atoms with Crippen LogP contribution in [0.5, 0.6) is 0 Å². The van der Waals surface area contributed by atoms with Crippen LogP contribution in [0.1, 0.15) is 25.5 Å². The van der Waals surface area contributed by atoms with E-state index >= 15 is 0 Å². The SMILES string of the molecule is CCCCn1c(SCC(=O)N(C)Cc2ccco2)n[nH]c1=O. The van der Waals surface area contributed by atoms with Crippen LogP contribution in [-0.4, -0.2) is 38.4 Å². The molecule has 0 aromatic carbocycles. The molecule has 0 aliphatic heterocycles. The van der Waals surface area contributed by atoms with Crippen molar-refractivity contribution >= 4 is 17.7 Å². The van der Waals surface area contributed by atoms with Gasteiger partial charge in [0.2, 0.25) is 5.91 Å². The van der Waals surface area contributed by atoms with E-state index in [0.717, 1.165) is 18.6 Å². The molecular weight excluding hydrogens is 304 g/mol. The lowest BCUT2D eigenvalue weighted by atomic mass is 10.3. The second-order valence-corrected chi connectivity index (χ2v) is 5.88. The Labute approximate surface area is 132 Å². The van der Waals surface area contributed by atoms with Crippen LogP contribution in [0, 0.1) is 0 Å². The Balaban J connectivity index is 1.89. The zero-order valence-corrected chi connectivity index (χ0v) is 13.6. The molecule has 0 bridgehead atoms. The van der Waals surface area contributed by atoms with Gasteiger partial charge in [-0.05, 0) is 18.6 Å². The number of thioether (sulfide) groups is 1. The second-order valence-electron chi connectivity index (χ2n) is 4.93. The summed E-state index contributed by atoms with van der Waals surface area (Å²) in [5.74, 6) is 0.924. The number of hydrogen-bond donors (Lipinski definition) is 1. The van der Waals surface area contributed by atoms with E-state index in [2.05, 4.69) is 17.1 Å². The molecule has 2 rings (SSSR count). The summed E-state index contributed by atoms with van der Waals surface area (Å²) >= 11 is 1.27. The van der Waals surface area contributed by atoms with Crippen LogP contribution in [0.25, 0.3) is 0 Å². The van der Waals surface area contributed by atoms with Gasteiger partial charge in [-0.3, -0.25) is 9.36 Å². The number of carbonyl (C=O) groups is 1. The van der Waals surface area contributed by atoms with Crippen LogP contribution in [0.3, 0.4) is 0 Å². The Morgan fingerprint density at radius 3 is 3.05 bits per heavy atom. The third-order valence-electron chi connectivity index (χ3n) is 3.18. The van der Waals surface area contributed by atoms with Crippen molar-refractivity contribution in [2.24, 2.45) is 0 Å². The van der Waals surface area contributed by atoms with Gasteiger partial charge in [0.1, 0.15) is 5.76 Å². The van der Waals surface area contributed by atoms with Gasteiger partial charge in [-0.25, -0.2) is 9.89 Å². The van der Waals surface area contributed by atoms with Crippen molar-refractivity contribution in [3.63, 3.8) is 0 Å². The minimum Gasteiger partial charge on any atom is -0.467 e. The maximum atomic E-state index is 12.1. The molecule has 0 saturated heterocycles. The van der Waals surface area contributed by atoms with E-state index in [0.29, 0.717) is 18.2 Å². The molecule has 0 aliphatic rings. The van der Waals surface area contributed by atoms with Crippen LogP contribution < -0.4 is 5.69 Å². The summed E-state index contributed by atoms with van der Waals surface area (Å²) < 4.78 is 6.80. The molecule has 2 aromatic rings. The van der Waals surface area contributed by atoms with Crippen LogP contribution in [-0.2, 0) is 17.9 Å². The summed E-state index contributed by atoms with van der Waals surface area (Å²) in [5, 5.41) is 6.96. The summed E-state index contributed by atoms with van der Waals surface area (Å²) in [6.45, 7) is 3.10. The number of nitrogens with zero attached hydrogens (tertiary/aromatic N) is 3. The molecule has 0 aliphatic carbocycles. The molecule has 0 unspecified atom stereocenters. The topological polar surface area (TPSA) is 84.1 Å². The maximum Gasteiger partial charge on any atom is 0.343 e. The smallest absolute Gasteiger partial charge is 0.343 e. The highest BCUT2D eigenvalue weighted by molar-refractivity contribution is 7.99. The lowest BCUT2D eigenvalue weighted by Gasteiger charge is -2.15. The first kappa shape index (κ1) is 16.4. The lowest BCUT2D eigenvalue weighted by Crippen LogP contribution is -2.28. The minimum absolute atomic E-state index is 0.0427. The van der Waals surface area contributed by atoms with Gasteiger partial charge in [0, 0.05) is 13.6 Å². The average Bonchev–Trinajstić information content (AvgIpc) is 3.13. The van der Waals surface area contributed by atoms with Crippen molar-refractivity contribution in [2.75, 3.05) is 12.8 Å². The molecule has 2 aromatic heterocycles. The van der Waals surface area contributed by atoms with Crippen LogP contribution in [0.4, 0.5) is 0 Å². The van der Waals surface area contributed by atoms with E-state index < -0.39 is 0 Å². The predicted molar refractivity (Wildman–Crippen MR) is 83.7 cm³/mol. The molecule has 22 heavy (non-hydrogen) atoms. The van der Waals surface area contributed by atoms with Crippen molar-refractivity contribution in [3.05, 3.63) is 34.6 Å². The second kappa shape index (κ2) is 7.88. The highest BCUT2D eigenvalue weighted by Crippen LogP contribution is 2.15. The Morgan fingerprint density at radius 1 is 1.55 bits per heavy atom. The van der Waals surface area contributed by atoms with Crippen LogP contribution >= 0.6 is 11.8 Å². The number of nitrogens with one attached hydrogen (secondary N) is 1. The number of carbonyl (C=O) groups excluding carboxylic acids is 1. The number of amides is 1. The lowest BCUT2D eigenvalue weighted by molar-refractivity contribution is -0.127. The first-order chi connectivity index (χ1) is 10.6. The molecule has 8 heteroatoms. The molecule has 0 spiro atoms. The van der Waals surface area contributed by atoms with E-state index in [1.807, 2.05) is 6.07 Å². The standard InChI is InChI=1S/C14H20N4O3S/c1-3-4-7-18-13(20)15-16-14(18)22-10-12(19)17(2)9-11-6-5-8-21-11/h5-6,8H,3-4,7,9-10H2,1-2H3,(H,15,20). The molecular formula is C14H20N4O3S. The van der Waals surface area contributed by atoms with E-state index in [1.165, 1.54) is 11.8 Å². The molecule has 0 atom stereocenters. The van der Waals surface area contributed by atoms with Crippen LogP contribution in [0.2, 0.25) is 0 Å². The predicted octanol–water partition coefficient (Wildman–Crippen LogP) is 1.72. The largest absolute Gasteiger partial charge is 0.467 e. The molecule has 120 valence electrons. The number of furan rings is 1. The number of unbranched alkanes of at least 4 members (excludes halogenated alkanes) is 1. The van der Waals surface area contributed by atoms with Crippen molar-refractivity contribution in [2.45, 2.75) is 38.0 Å². The molecule has 1 N–H and O–H groups in total. The van der Waals surface area contributed by atoms with Gasteiger partial charge in [-0.2, -0.15) is 0 Å². The summed E-state index contributed by atoms with van der Waals surface area (Å²) in [4.78, 5) is 25.4. The van der Waals surface area contributed by atoms with E-state index in [4.69, 9.17) is 4.42 Å². The zero-order valence-electron chi connectivity index (χ0n) is 12.7. The monoisotopic (exact) mass is 324 g/mol. The number of aromatic nitrogens is 3. The minimum atomic E-state index is -0.229. The molecule has 0 fully saturated rings. The Morgan fingerprint density at radius 2 is 2.36 bits per heavy atom. The fourth-order valence-electron chi connectivity index (χ4n) is 1.89. The van der Waals surface area contributed by atoms with Crippen molar-refractivity contribution in [1.29, 1.82) is 0 Å². The van der Waals surface area contributed by atoms with Gasteiger partial charge in [-0.1, -0.05) is 25.1 Å². The van der Waals surface area contributed by atoms with E-state index in [9.17, 15) is 9.59 Å². The highest BCUT2D eigenvalue weighted by atomic mass is 32.2. The molecule has 0 saturated carbocycles. The molecule has 7 nitrogen and oxygen atoms in total. The normalized spacial score (nSPS) is 10.8. The fraction of sp³-hybridized carbons (Fsp3) is 0.500. The molecule has 2 heterocycles. The number of hydrogen-bond acceptors (Lipinski definition) is 5. The first-order valence-corrected chi connectivity index (χ1v) is 8.14. The Hall–Kier alpha value is -1.96. The first-order valence-electron chi connectivity index (χ1n) is 7.16. The van der Waals surface area contributed by atoms with Gasteiger partial charge in [0.05, 0.1) is 18.6 Å². The van der Waals surface area contributed by atoms with Crippen LogP contribution in [0.15, 0.2) is 32.8 Å². The number of rotatable bonds is 8. The number of H-pyrrole nitrogens is 1. The van der Waals surface area contributed by atoms with E-state index in [-0.39, 0.29) is 17.3 Å². The Bertz CT molecular complexity index is 647. The summed E-state index contributed by atoms with van der Waals surface area (Å²) in [7, 11) is 1.72. The quantitative estimate of drug-likeness (QED) is 0.747. The zero-order chi connectivity index (χ0) is 15.9. The van der Waals surface area contributed by atoms with Crippen molar-refractivity contribution in [1.82, 2.24) is 19.7 Å². The van der Waals surface area contributed by atoms with Gasteiger partial charge >= 0.3 is 5.69 Å². The Kier molecular flexibility index (Phi) is 5.88. The number of aromatic amines is 1. The third-order valence-corrected chi connectivity index (χ3v) is 4.14. The van der Waals surface area contributed by atoms with Gasteiger partial charge < -0.3 is 9.32 Å². The maximum absolute atomic E-state index is 12.1. The third kappa shape index (κ3) is 4.27. The summed E-state index contributed by atoms with van der Waals surface area (Å²) in [5.41, 5.74) is -0.229. The van der Waals surface area contributed by atoms with Crippen molar-refractivity contribution < 1.29 is 9.21 Å². The van der Waals surface area contributed by atoms with Crippen molar-refractivity contribution in [3.8, 4) is 0 Å².